The Morgan fingerprint density at radius 3 is 2.50 bits per heavy atom. The van der Waals surface area contributed by atoms with Gasteiger partial charge in [-0.2, -0.15) is 0 Å². The van der Waals surface area contributed by atoms with Gasteiger partial charge in [-0.05, 0) is 57.5 Å². The van der Waals surface area contributed by atoms with Crippen LogP contribution >= 0.6 is 22.9 Å². The Morgan fingerprint density at radius 2 is 1.92 bits per heavy atom. The van der Waals surface area contributed by atoms with Crippen molar-refractivity contribution in [3.63, 3.8) is 0 Å². The van der Waals surface area contributed by atoms with Crippen molar-refractivity contribution in [1.82, 2.24) is 5.32 Å². The molecule has 0 spiro atoms. The number of rotatable bonds is 4. The molecular weight excluding hydrogens is 372 g/mol. The van der Waals surface area contributed by atoms with E-state index in [1.54, 1.807) is 24.3 Å². The number of hydrogen-bond donors (Lipinski definition) is 2. The Balaban J connectivity index is 1.87. The van der Waals surface area contributed by atoms with E-state index in [0.717, 1.165) is 10.4 Å². The topological polar surface area (TPSA) is 67.4 Å². The maximum absolute atomic E-state index is 13.0. The zero-order valence-electron chi connectivity index (χ0n) is 15.1. The number of anilines is 1. The predicted octanol–water partition coefficient (Wildman–Crippen LogP) is 3.91. The molecule has 138 valence electrons. The average molecular weight is 393 g/mol. The number of carbonyl (C=O) groups excluding carboxylic acids is 2. The molecule has 0 bridgehead atoms. The summed E-state index contributed by atoms with van der Waals surface area (Å²) in [7, 11) is 0. The molecule has 1 saturated heterocycles. The number of aryl methyl sites for hydroxylation is 1. The van der Waals surface area contributed by atoms with Crippen molar-refractivity contribution in [2.45, 2.75) is 39.5 Å². The summed E-state index contributed by atoms with van der Waals surface area (Å²) in [6.45, 7) is 7.87. The summed E-state index contributed by atoms with van der Waals surface area (Å²) in [4.78, 5) is 26.6. The standard InChI is InChI=1S/C19H21ClN2O3S/c1-10-11(2)26-18(21-17(24)14-9-25-19(3,4)22-14)15(10)16(23)12-5-7-13(20)8-6-12/h5-8,14,22H,9H2,1-4H3,(H,21,24). The van der Waals surface area contributed by atoms with Crippen LogP contribution in [0, 0.1) is 13.8 Å². The average Bonchev–Trinajstić information content (AvgIpc) is 3.07. The fourth-order valence-electron chi connectivity index (χ4n) is 2.87. The van der Waals surface area contributed by atoms with Gasteiger partial charge < -0.3 is 10.1 Å². The summed E-state index contributed by atoms with van der Waals surface area (Å²) in [5.74, 6) is -0.336. The van der Waals surface area contributed by atoms with Gasteiger partial charge in [0.25, 0.3) is 0 Å². The molecule has 1 atom stereocenters. The molecule has 0 saturated carbocycles. The molecule has 1 fully saturated rings. The summed E-state index contributed by atoms with van der Waals surface area (Å²) >= 11 is 7.32. The van der Waals surface area contributed by atoms with Gasteiger partial charge in [-0.15, -0.1) is 11.3 Å². The summed E-state index contributed by atoms with van der Waals surface area (Å²) in [5, 5.41) is 7.17. The lowest BCUT2D eigenvalue weighted by Crippen LogP contribution is -2.44. The van der Waals surface area contributed by atoms with E-state index in [4.69, 9.17) is 16.3 Å². The summed E-state index contributed by atoms with van der Waals surface area (Å²) in [5.41, 5.74) is 1.41. The third kappa shape index (κ3) is 3.83. The Morgan fingerprint density at radius 1 is 1.27 bits per heavy atom. The minimum absolute atomic E-state index is 0.130. The van der Waals surface area contributed by atoms with Gasteiger partial charge in [0.1, 0.15) is 16.8 Å². The lowest BCUT2D eigenvalue weighted by atomic mass is 10.0. The highest BCUT2D eigenvalue weighted by molar-refractivity contribution is 7.16. The van der Waals surface area contributed by atoms with Crippen molar-refractivity contribution in [2.24, 2.45) is 0 Å². The summed E-state index contributed by atoms with van der Waals surface area (Å²) in [6, 6.07) is 6.30. The van der Waals surface area contributed by atoms with Crippen LogP contribution in [0.25, 0.3) is 0 Å². The molecule has 2 aromatic rings. The SMILES string of the molecule is Cc1sc(NC(=O)C2COC(C)(C)N2)c(C(=O)c2ccc(Cl)cc2)c1C. The van der Waals surface area contributed by atoms with E-state index < -0.39 is 11.8 Å². The Bertz CT molecular complexity index is 858. The molecule has 26 heavy (non-hydrogen) atoms. The van der Waals surface area contributed by atoms with Crippen molar-refractivity contribution >= 4 is 39.6 Å². The van der Waals surface area contributed by atoms with Crippen LogP contribution in [0.5, 0.6) is 0 Å². The van der Waals surface area contributed by atoms with Gasteiger partial charge in [-0.25, -0.2) is 0 Å². The van der Waals surface area contributed by atoms with E-state index in [9.17, 15) is 9.59 Å². The number of thiophene rings is 1. The first-order valence-electron chi connectivity index (χ1n) is 8.31. The van der Waals surface area contributed by atoms with Gasteiger partial charge >= 0.3 is 0 Å². The van der Waals surface area contributed by atoms with Crippen molar-refractivity contribution in [3.8, 4) is 0 Å². The van der Waals surface area contributed by atoms with Crippen LogP contribution in [0.2, 0.25) is 5.02 Å². The molecule has 1 aromatic carbocycles. The highest BCUT2D eigenvalue weighted by Crippen LogP contribution is 2.34. The maximum Gasteiger partial charge on any atom is 0.244 e. The first-order valence-corrected chi connectivity index (χ1v) is 9.50. The van der Waals surface area contributed by atoms with Crippen molar-refractivity contribution in [1.29, 1.82) is 0 Å². The first-order chi connectivity index (χ1) is 12.2. The Labute approximate surface area is 161 Å². The zero-order chi connectivity index (χ0) is 19.1. The van der Waals surface area contributed by atoms with E-state index in [0.29, 0.717) is 27.8 Å². The maximum atomic E-state index is 13.0. The van der Waals surface area contributed by atoms with Crippen LogP contribution in [0.1, 0.15) is 40.2 Å². The smallest absolute Gasteiger partial charge is 0.244 e. The third-order valence-electron chi connectivity index (χ3n) is 4.40. The first kappa shape index (κ1) is 19.0. The fourth-order valence-corrected chi connectivity index (χ4v) is 4.06. The molecule has 2 heterocycles. The van der Waals surface area contributed by atoms with Crippen LogP contribution in [-0.2, 0) is 9.53 Å². The molecule has 5 nitrogen and oxygen atoms in total. The second kappa shape index (κ2) is 7.12. The third-order valence-corrected chi connectivity index (χ3v) is 5.78. The van der Waals surface area contributed by atoms with Gasteiger partial charge in [-0.1, -0.05) is 11.6 Å². The van der Waals surface area contributed by atoms with Gasteiger partial charge in [0.15, 0.2) is 5.78 Å². The number of carbonyl (C=O) groups is 2. The van der Waals surface area contributed by atoms with E-state index >= 15 is 0 Å². The second-order valence-corrected chi connectivity index (χ2v) is 8.49. The molecule has 2 N–H and O–H groups in total. The van der Waals surface area contributed by atoms with Crippen molar-refractivity contribution in [3.05, 3.63) is 50.9 Å². The number of ether oxygens (including phenoxy) is 1. The zero-order valence-corrected chi connectivity index (χ0v) is 16.7. The molecule has 1 unspecified atom stereocenters. The normalized spacial score (nSPS) is 18.7. The highest BCUT2D eigenvalue weighted by Gasteiger charge is 2.35. The molecule has 0 aliphatic carbocycles. The van der Waals surface area contributed by atoms with Crippen LogP contribution in [0.15, 0.2) is 24.3 Å². The number of ketones is 1. The number of halogens is 1. The lowest BCUT2D eigenvalue weighted by Gasteiger charge is -2.17. The monoisotopic (exact) mass is 392 g/mol. The van der Waals surface area contributed by atoms with Gasteiger partial charge in [0, 0.05) is 15.5 Å². The van der Waals surface area contributed by atoms with E-state index in [-0.39, 0.29) is 11.7 Å². The van der Waals surface area contributed by atoms with Crippen molar-refractivity contribution < 1.29 is 14.3 Å². The van der Waals surface area contributed by atoms with Gasteiger partial charge in [0.05, 0.1) is 12.2 Å². The largest absolute Gasteiger partial charge is 0.359 e. The van der Waals surface area contributed by atoms with E-state index in [2.05, 4.69) is 10.6 Å². The fraction of sp³-hybridized carbons (Fsp3) is 0.368. The Kier molecular flexibility index (Phi) is 5.21. The second-order valence-electron chi connectivity index (χ2n) is 6.83. The molecule has 1 amide bonds. The number of amides is 1. The summed E-state index contributed by atoms with van der Waals surface area (Å²) in [6.07, 6.45) is 0. The molecule has 7 heteroatoms. The van der Waals surface area contributed by atoms with Gasteiger partial charge in [-0.3, -0.25) is 14.9 Å². The lowest BCUT2D eigenvalue weighted by molar-refractivity contribution is -0.117. The number of nitrogens with one attached hydrogen (secondary N) is 2. The minimum Gasteiger partial charge on any atom is -0.359 e. The van der Waals surface area contributed by atoms with Crippen LogP contribution in [0.3, 0.4) is 0 Å². The Hall–Kier alpha value is -1.73. The molecule has 1 aliphatic rings. The molecule has 0 radical (unpaired) electrons. The van der Waals surface area contributed by atoms with E-state index in [1.807, 2.05) is 27.7 Å². The minimum atomic E-state index is -0.536. The molecule has 1 aromatic heterocycles. The van der Waals surface area contributed by atoms with Crippen LogP contribution in [-0.4, -0.2) is 30.1 Å². The highest BCUT2D eigenvalue weighted by atomic mass is 35.5. The van der Waals surface area contributed by atoms with Gasteiger partial charge in [0.2, 0.25) is 5.91 Å². The van der Waals surface area contributed by atoms with Crippen LogP contribution < -0.4 is 10.6 Å². The molecule has 1 aliphatic heterocycles. The quantitative estimate of drug-likeness (QED) is 0.774. The van der Waals surface area contributed by atoms with E-state index in [1.165, 1.54) is 11.3 Å². The number of benzene rings is 1. The molecule has 3 rings (SSSR count). The summed E-state index contributed by atoms with van der Waals surface area (Å²) < 4.78 is 5.55. The predicted molar refractivity (Wildman–Crippen MR) is 104 cm³/mol. The van der Waals surface area contributed by atoms with Crippen molar-refractivity contribution in [2.75, 3.05) is 11.9 Å². The number of hydrogen-bond acceptors (Lipinski definition) is 5. The molecular formula is C19H21ClN2O3S. The van der Waals surface area contributed by atoms with Crippen LogP contribution in [0.4, 0.5) is 5.00 Å².